The van der Waals surface area contributed by atoms with Gasteiger partial charge in [-0.25, -0.2) is 9.59 Å². The van der Waals surface area contributed by atoms with Crippen LogP contribution in [0, 0.1) is 35.0 Å². The fraction of sp³-hybridized carbons (Fsp3) is 0.630. The van der Waals surface area contributed by atoms with Crippen LogP contribution in [0.2, 0.25) is 0 Å². The number of allylic oxidation sites excluding steroid dienone is 4. The van der Waals surface area contributed by atoms with E-state index in [1.807, 2.05) is 0 Å². The minimum atomic E-state index is -0.743. The summed E-state index contributed by atoms with van der Waals surface area (Å²) in [5, 5.41) is 0. The van der Waals surface area contributed by atoms with E-state index in [2.05, 4.69) is 46.4 Å². The molecule has 3 saturated carbocycles. The number of fused-ring (bicyclic) bond motifs is 4. The predicted octanol–water partition coefficient (Wildman–Crippen LogP) is 5.31. The van der Waals surface area contributed by atoms with Crippen LogP contribution in [0.15, 0.2) is 46.6 Å². The van der Waals surface area contributed by atoms with Gasteiger partial charge in [-0.05, 0) is 82.1 Å². The van der Waals surface area contributed by atoms with Crippen LogP contribution in [-0.2, 0) is 19.1 Å². The lowest BCUT2D eigenvalue weighted by molar-refractivity contribution is -0.172. The first-order chi connectivity index (χ1) is 14.7. The molecule has 0 unspecified atom stereocenters. The zero-order valence-corrected chi connectivity index (χ0v) is 19.4. The largest absolute Gasteiger partial charge is 0.462 e. The molecule has 166 valence electrons. The minimum Gasteiger partial charge on any atom is -0.462 e. The molecule has 5 aliphatic rings. The van der Waals surface area contributed by atoms with Crippen LogP contribution in [0.1, 0.15) is 60.3 Å². The van der Waals surface area contributed by atoms with Crippen molar-refractivity contribution in [1.82, 2.24) is 0 Å². The Morgan fingerprint density at radius 1 is 1.39 bits per heavy atom. The van der Waals surface area contributed by atoms with Gasteiger partial charge in [-0.15, -0.1) is 0 Å². The standard InChI is InChI=1S/C27H34O4/c1-7-30-24(28)23-21-13-19-16(5)17-12-20(17)26(19,6)22-11-9-15(4)18(10-8-14(2)3)27(21,22)31-25(23)29/h8-9,17-20,22H,5,7,10-13H2,1-4,6H3/t17-,18+,19+,20-,22+,26-,27+/m1/s1. The van der Waals surface area contributed by atoms with Crippen molar-refractivity contribution in [3.8, 4) is 0 Å². The van der Waals surface area contributed by atoms with Crippen LogP contribution in [-0.4, -0.2) is 24.1 Å². The third-order valence-corrected chi connectivity index (χ3v) is 9.16. The van der Waals surface area contributed by atoms with Crippen molar-refractivity contribution in [3.63, 3.8) is 0 Å². The quantitative estimate of drug-likeness (QED) is 0.350. The molecule has 5 rings (SSSR count). The first kappa shape index (κ1) is 20.8. The van der Waals surface area contributed by atoms with E-state index in [-0.39, 0.29) is 29.4 Å². The highest BCUT2D eigenvalue weighted by Gasteiger charge is 2.75. The lowest BCUT2D eigenvalue weighted by Gasteiger charge is -2.59. The third-order valence-electron chi connectivity index (χ3n) is 9.16. The Kier molecular flexibility index (Phi) is 4.49. The molecule has 4 nitrogen and oxygen atoms in total. The fourth-order valence-electron chi connectivity index (χ4n) is 7.72. The second-order valence-corrected chi connectivity index (χ2v) is 10.7. The summed E-state index contributed by atoms with van der Waals surface area (Å²) in [5.41, 5.74) is 4.20. The van der Waals surface area contributed by atoms with E-state index in [9.17, 15) is 9.59 Å². The maximum absolute atomic E-state index is 13.3. The Hall–Kier alpha value is -2.10. The summed E-state index contributed by atoms with van der Waals surface area (Å²) in [4.78, 5) is 26.2. The van der Waals surface area contributed by atoms with Crippen molar-refractivity contribution in [3.05, 3.63) is 46.6 Å². The zero-order valence-electron chi connectivity index (χ0n) is 19.4. The Bertz CT molecular complexity index is 977. The van der Waals surface area contributed by atoms with E-state index < -0.39 is 17.5 Å². The van der Waals surface area contributed by atoms with Crippen LogP contribution < -0.4 is 0 Å². The van der Waals surface area contributed by atoms with Gasteiger partial charge in [0.25, 0.3) is 0 Å². The normalized spacial score (nSPS) is 42.1. The molecular formula is C27H34O4. The van der Waals surface area contributed by atoms with E-state index >= 15 is 0 Å². The van der Waals surface area contributed by atoms with Gasteiger partial charge in [-0.1, -0.05) is 42.4 Å². The van der Waals surface area contributed by atoms with Crippen LogP contribution in [0.25, 0.3) is 0 Å². The van der Waals surface area contributed by atoms with Crippen molar-refractivity contribution in [1.29, 1.82) is 0 Å². The van der Waals surface area contributed by atoms with Gasteiger partial charge >= 0.3 is 11.9 Å². The van der Waals surface area contributed by atoms with Gasteiger partial charge in [0.1, 0.15) is 11.2 Å². The molecule has 1 spiro atoms. The first-order valence-electron chi connectivity index (χ1n) is 11.8. The SMILES string of the molecule is C=C1[C@H]2C[C@H]2[C@]2(C)[C@@H]3CC=C(C)[C@H](CC=C(C)C)[C@@]34OC(=O)C(C(=O)OCC)=C4C[C@@H]12. The summed E-state index contributed by atoms with van der Waals surface area (Å²) < 4.78 is 11.7. The van der Waals surface area contributed by atoms with Crippen LogP contribution in [0.5, 0.6) is 0 Å². The molecule has 3 fully saturated rings. The maximum atomic E-state index is 13.3. The Balaban J connectivity index is 1.73. The zero-order chi connectivity index (χ0) is 22.3. The number of carbonyl (C=O) groups is 2. The monoisotopic (exact) mass is 422 g/mol. The molecule has 0 amide bonds. The van der Waals surface area contributed by atoms with E-state index in [1.54, 1.807) is 6.92 Å². The highest BCUT2D eigenvalue weighted by molar-refractivity contribution is 6.17. The first-order valence-corrected chi connectivity index (χ1v) is 11.8. The van der Waals surface area contributed by atoms with E-state index in [1.165, 1.54) is 23.1 Å². The summed E-state index contributed by atoms with van der Waals surface area (Å²) in [6.45, 7) is 15.3. The Labute approximate surface area is 185 Å². The number of hydrogen-bond donors (Lipinski definition) is 0. The highest BCUT2D eigenvalue weighted by Crippen LogP contribution is 2.77. The molecule has 0 bridgehead atoms. The molecule has 7 atom stereocenters. The Morgan fingerprint density at radius 2 is 2.13 bits per heavy atom. The average Bonchev–Trinajstić information content (AvgIpc) is 3.40. The average molecular weight is 423 g/mol. The van der Waals surface area contributed by atoms with Gasteiger partial charge in [0.2, 0.25) is 0 Å². The van der Waals surface area contributed by atoms with Crippen molar-refractivity contribution < 1.29 is 19.1 Å². The molecule has 4 heteroatoms. The molecule has 0 aromatic rings. The molecule has 0 saturated heterocycles. The predicted molar refractivity (Wildman–Crippen MR) is 119 cm³/mol. The molecular weight excluding hydrogens is 388 g/mol. The molecule has 31 heavy (non-hydrogen) atoms. The molecule has 4 aliphatic carbocycles. The number of hydrogen-bond acceptors (Lipinski definition) is 4. The van der Waals surface area contributed by atoms with E-state index in [0.717, 1.165) is 18.4 Å². The molecule has 0 radical (unpaired) electrons. The third kappa shape index (κ3) is 2.54. The maximum Gasteiger partial charge on any atom is 0.346 e. The molecule has 0 aromatic heterocycles. The van der Waals surface area contributed by atoms with Gasteiger partial charge in [-0.3, -0.25) is 0 Å². The van der Waals surface area contributed by atoms with Crippen molar-refractivity contribution in [2.45, 2.75) is 65.9 Å². The summed E-state index contributed by atoms with van der Waals surface area (Å²) in [7, 11) is 0. The van der Waals surface area contributed by atoms with E-state index in [0.29, 0.717) is 24.2 Å². The van der Waals surface area contributed by atoms with Gasteiger partial charge in [0, 0.05) is 11.8 Å². The van der Waals surface area contributed by atoms with Crippen molar-refractivity contribution in [2.24, 2.45) is 35.0 Å². The van der Waals surface area contributed by atoms with Crippen LogP contribution in [0.3, 0.4) is 0 Å². The molecule has 0 aromatic carbocycles. The summed E-state index contributed by atoms with van der Waals surface area (Å²) in [6.07, 6.45) is 8.19. The highest BCUT2D eigenvalue weighted by atomic mass is 16.6. The number of carbonyl (C=O) groups excluding carboxylic acids is 2. The van der Waals surface area contributed by atoms with Crippen LogP contribution >= 0.6 is 0 Å². The van der Waals surface area contributed by atoms with Crippen LogP contribution in [0.4, 0.5) is 0 Å². The second kappa shape index (κ2) is 6.70. The smallest absolute Gasteiger partial charge is 0.346 e. The molecule has 1 heterocycles. The number of esters is 2. The van der Waals surface area contributed by atoms with Crippen molar-refractivity contribution in [2.75, 3.05) is 6.61 Å². The van der Waals surface area contributed by atoms with Gasteiger partial charge in [0.05, 0.1) is 6.61 Å². The molecule has 0 N–H and O–H groups in total. The topological polar surface area (TPSA) is 52.6 Å². The summed E-state index contributed by atoms with van der Waals surface area (Å²) in [5.74, 6) is 0.722. The van der Waals surface area contributed by atoms with Gasteiger partial charge in [0.15, 0.2) is 0 Å². The second-order valence-electron chi connectivity index (χ2n) is 10.7. The fourth-order valence-corrected chi connectivity index (χ4v) is 7.72. The minimum absolute atomic E-state index is 0.0517. The lowest BCUT2D eigenvalue weighted by atomic mass is 9.47. The molecule has 1 aliphatic heterocycles. The Morgan fingerprint density at radius 3 is 2.81 bits per heavy atom. The number of rotatable bonds is 4. The van der Waals surface area contributed by atoms with Gasteiger partial charge < -0.3 is 9.47 Å². The van der Waals surface area contributed by atoms with Crippen molar-refractivity contribution >= 4 is 11.9 Å². The summed E-state index contributed by atoms with van der Waals surface area (Å²) in [6, 6.07) is 0. The lowest BCUT2D eigenvalue weighted by Crippen LogP contribution is -2.60. The van der Waals surface area contributed by atoms with E-state index in [4.69, 9.17) is 9.47 Å². The summed E-state index contributed by atoms with van der Waals surface area (Å²) >= 11 is 0. The number of ether oxygens (including phenoxy) is 2. The van der Waals surface area contributed by atoms with Gasteiger partial charge in [-0.2, -0.15) is 0 Å².